The lowest BCUT2D eigenvalue weighted by molar-refractivity contribution is -0.131. The van der Waals surface area contributed by atoms with Gasteiger partial charge in [0, 0.05) is 26.6 Å². The molecular weight excluding hydrogens is 198 g/mol. The maximum absolute atomic E-state index is 11.2. The molecule has 5 nitrogen and oxygen atoms in total. The summed E-state index contributed by atoms with van der Waals surface area (Å²) in [6.45, 7) is 1.86. The predicted molar refractivity (Wildman–Crippen MR) is 56.3 cm³/mol. The Bertz CT molecular complexity index is 186. The van der Waals surface area contributed by atoms with Gasteiger partial charge < -0.3 is 20.2 Å². The number of hydrogen-bond donors (Lipinski definition) is 3. The first-order chi connectivity index (χ1) is 7.02. The third kappa shape index (κ3) is 5.71. The highest BCUT2D eigenvalue weighted by atomic mass is 16.3. The Morgan fingerprint density at radius 1 is 1.33 bits per heavy atom. The van der Waals surface area contributed by atoms with E-state index in [2.05, 4.69) is 0 Å². The molecule has 0 spiro atoms. The summed E-state index contributed by atoms with van der Waals surface area (Å²) in [6, 6.07) is 0. The van der Waals surface area contributed by atoms with Crippen LogP contribution in [0.2, 0.25) is 0 Å². The van der Waals surface area contributed by atoms with Crippen LogP contribution in [0.15, 0.2) is 0 Å². The third-order valence-corrected chi connectivity index (χ3v) is 2.29. The van der Waals surface area contributed by atoms with Gasteiger partial charge in [0.1, 0.15) is 0 Å². The van der Waals surface area contributed by atoms with E-state index in [1.807, 2.05) is 0 Å². The zero-order valence-electron chi connectivity index (χ0n) is 9.39. The summed E-state index contributed by atoms with van der Waals surface area (Å²) in [5.74, 6) is -0.0663. The summed E-state index contributed by atoms with van der Waals surface area (Å²) in [5, 5.41) is 27.5. The Morgan fingerprint density at radius 2 is 1.93 bits per heavy atom. The van der Waals surface area contributed by atoms with Crippen molar-refractivity contribution in [2.24, 2.45) is 0 Å². The van der Waals surface area contributed by atoms with E-state index in [1.54, 1.807) is 14.0 Å². The summed E-state index contributed by atoms with van der Waals surface area (Å²) in [4.78, 5) is 12.6. The number of likely N-dealkylation sites (N-methyl/N-ethyl adjacent to an activating group) is 1. The first kappa shape index (κ1) is 14.3. The molecule has 0 aliphatic carbocycles. The lowest BCUT2D eigenvalue weighted by Crippen LogP contribution is -2.40. The highest BCUT2D eigenvalue weighted by molar-refractivity contribution is 5.75. The Kier molecular flexibility index (Phi) is 7.29. The van der Waals surface area contributed by atoms with Gasteiger partial charge in [-0.3, -0.25) is 4.79 Å². The first-order valence-electron chi connectivity index (χ1n) is 5.23. The summed E-state index contributed by atoms with van der Waals surface area (Å²) < 4.78 is 0. The van der Waals surface area contributed by atoms with Gasteiger partial charge in [-0.15, -0.1) is 0 Å². The molecule has 5 heteroatoms. The molecule has 0 saturated heterocycles. The van der Waals surface area contributed by atoms with Crippen LogP contribution < -0.4 is 0 Å². The number of rotatable bonds is 7. The zero-order chi connectivity index (χ0) is 11.8. The fourth-order valence-corrected chi connectivity index (χ4v) is 1.27. The molecule has 15 heavy (non-hydrogen) atoms. The van der Waals surface area contributed by atoms with Crippen molar-refractivity contribution in [2.75, 3.05) is 20.2 Å². The molecule has 0 aliphatic rings. The average molecular weight is 219 g/mol. The zero-order valence-corrected chi connectivity index (χ0v) is 9.39. The largest absolute Gasteiger partial charge is 0.396 e. The van der Waals surface area contributed by atoms with Gasteiger partial charge in [0.25, 0.3) is 0 Å². The van der Waals surface area contributed by atoms with E-state index in [0.29, 0.717) is 19.3 Å². The van der Waals surface area contributed by atoms with Crippen LogP contribution in [0.3, 0.4) is 0 Å². The first-order valence-corrected chi connectivity index (χ1v) is 5.23. The second kappa shape index (κ2) is 7.62. The molecule has 0 fully saturated rings. The molecule has 2 unspecified atom stereocenters. The van der Waals surface area contributed by atoms with Gasteiger partial charge in [0.15, 0.2) is 0 Å². The number of amides is 1. The molecule has 0 heterocycles. The summed E-state index contributed by atoms with van der Waals surface area (Å²) in [5.41, 5.74) is 0. The van der Waals surface area contributed by atoms with E-state index in [4.69, 9.17) is 5.11 Å². The molecule has 0 saturated carbocycles. The average Bonchev–Trinajstić information content (AvgIpc) is 2.24. The number of nitrogens with zero attached hydrogens (tertiary/aromatic N) is 1. The van der Waals surface area contributed by atoms with Crippen LogP contribution in [0.25, 0.3) is 0 Å². The van der Waals surface area contributed by atoms with Gasteiger partial charge >= 0.3 is 0 Å². The fourth-order valence-electron chi connectivity index (χ4n) is 1.27. The molecule has 1 amide bonds. The Morgan fingerprint density at radius 3 is 2.40 bits per heavy atom. The molecule has 3 N–H and O–H groups in total. The van der Waals surface area contributed by atoms with E-state index in [0.717, 1.165) is 0 Å². The van der Waals surface area contributed by atoms with Crippen LogP contribution in [0.1, 0.15) is 26.2 Å². The van der Waals surface area contributed by atoms with Crippen molar-refractivity contribution in [3.05, 3.63) is 0 Å². The fraction of sp³-hybridized carbons (Fsp3) is 0.900. The second-order valence-corrected chi connectivity index (χ2v) is 3.63. The second-order valence-electron chi connectivity index (χ2n) is 3.63. The Hall–Kier alpha value is -0.650. The standard InChI is InChI=1S/C10H21NO4/c1-3-10(15)11(2)7-9(14)8(13)5-4-6-12/h8-9,12-14H,3-7H2,1-2H3. The third-order valence-electron chi connectivity index (χ3n) is 2.29. The van der Waals surface area contributed by atoms with E-state index < -0.39 is 12.2 Å². The molecule has 2 atom stereocenters. The molecule has 0 aromatic carbocycles. The number of carbonyl (C=O) groups excluding carboxylic acids is 1. The van der Waals surface area contributed by atoms with Crippen LogP contribution in [0.5, 0.6) is 0 Å². The quantitative estimate of drug-likeness (QED) is 0.531. The van der Waals surface area contributed by atoms with Crippen molar-refractivity contribution in [2.45, 2.75) is 38.4 Å². The van der Waals surface area contributed by atoms with Crippen molar-refractivity contribution in [1.82, 2.24) is 4.90 Å². The van der Waals surface area contributed by atoms with Gasteiger partial charge in [-0.05, 0) is 12.8 Å². The smallest absolute Gasteiger partial charge is 0.222 e. The van der Waals surface area contributed by atoms with Crippen LogP contribution in [0, 0.1) is 0 Å². The molecule has 0 aromatic heterocycles. The molecular formula is C10H21NO4. The van der Waals surface area contributed by atoms with Crippen molar-refractivity contribution in [3.63, 3.8) is 0 Å². The summed E-state index contributed by atoms with van der Waals surface area (Å²) in [7, 11) is 1.59. The van der Waals surface area contributed by atoms with E-state index in [1.165, 1.54) is 4.90 Å². The minimum Gasteiger partial charge on any atom is -0.396 e. The summed E-state index contributed by atoms with van der Waals surface area (Å²) >= 11 is 0. The molecule has 90 valence electrons. The molecule has 0 radical (unpaired) electrons. The van der Waals surface area contributed by atoms with Gasteiger partial charge in [-0.2, -0.15) is 0 Å². The predicted octanol–water partition coefficient (Wildman–Crippen LogP) is -0.651. The number of hydrogen-bond acceptors (Lipinski definition) is 4. The minimum atomic E-state index is -0.947. The van der Waals surface area contributed by atoms with Crippen molar-refractivity contribution in [1.29, 1.82) is 0 Å². The SMILES string of the molecule is CCC(=O)N(C)CC(O)C(O)CCCO. The topological polar surface area (TPSA) is 81.0 Å². The lowest BCUT2D eigenvalue weighted by atomic mass is 10.1. The maximum Gasteiger partial charge on any atom is 0.222 e. The minimum absolute atomic E-state index is 0.00644. The van der Waals surface area contributed by atoms with Gasteiger partial charge in [0.05, 0.1) is 12.2 Å². The molecule has 0 aliphatic heterocycles. The molecule has 0 aromatic rings. The van der Waals surface area contributed by atoms with Crippen LogP contribution in [0.4, 0.5) is 0 Å². The normalized spacial score (nSPS) is 14.7. The van der Waals surface area contributed by atoms with Crippen molar-refractivity contribution in [3.8, 4) is 0 Å². The van der Waals surface area contributed by atoms with E-state index >= 15 is 0 Å². The monoisotopic (exact) mass is 219 g/mol. The van der Waals surface area contributed by atoms with Crippen LogP contribution >= 0.6 is 0 Å². The van der Waals surface area contributed by atoms with E-state index in [9.17, 15) is 15.0 Å². The number of carbonyl (C=O) groups is 1. The molecule has 0 bridgehead atoms. The summed E-state index contributed by atoms with van der Waals surface area (Å²) in [6.07, 6.45) is -0.660. The van der Waals surface area contributed by atoms with Crippen molar-refractivity contribution >= 4 is 5.91 Å². The maximum atomic E-state index is 11.2. The van der Waals surface area contributed by atoms with Crippen molar-refractivity contribution < 1.29 is 20.1 Å². The van der Waals surface area contributed by atoms with E-state index in [-0.39, 0.29) is 19.1 Å². The molecule has 0 rings (SSSR count). The highest BCUT2D eigenvalue weighted by Crippen LogP contribution is 2.04. The van der Waals surface area contributed by atoms with Gasteiger partial charge in [0.2, 0.25) is 5.91 Å². The Labute approximate surface area is 90.3 Å². The highest BCUT2D eigenvalue weighted by Gasteiger charge is 2.19. The van der Waals surface area contributed by atoms with Crippen LogP contribution in [-0.2, 0) is 4.79 Å². The number of aliphatic hydroxyl groups excluding tert-OH is 3. The number of aliphatic hydroxyl groups is 3. The Balaban J connectivity index is 3.89. The van der Waals surface area contributed by atoms with Crippen LogP contribution in [-0.4, -0.2) is 58.5 Å². The van der Waals surface area contributed by atoms with Gasteiger partial charge in [-0.1, -0.05) is 6.92 Å². The van der Waals surface area contributed by atoms with Gasteiger partial charge in [-0.25, -0.2) is 0 Å². The lowest BCUT2D eigenvalue weighted by Gasteiger charge is -2.23.